The summed E-state index contributed by atoms with van der Waals surface area (Å²) in [5, 5.41) is 6.63. The van der Waals surface area contributed by atoms with E-state index >= 15 is 0 Å². The van der Waals surface area contributed by atoms with Crippen LogP contribution in [0.4, 0.5) is 26.2 Å². The van der Waals surface area contributed by atoms with Gasteiger partial charge in [-0.3, -0.25) is 4.98 Å². The van der Waals surface area contributed by atoms with Crippen molar-refractivity contribution >= 4 is 17.5 Å². The van der Waals surface area contributed by atoms with Crippen LogP contribution < -0.4 is 15.4 Å². The van der Waals surface area contributed by atoms with Crippen molar-refractivity contribution in [2.75, 3.05) is 10.6 Å². The third kappa shape index (κ3) is 5.16. The van der Waals surface area contributed by atoms with E-state index in [-0.39, 0.29) is 5.75 Å². The van der Waals surface area contributed by atoms with Gasteiger partial charge in [0.05, 0.1) is 5.69 Å². The Hall–Kier alpha value is -3.29. The van der Waals surface area contributed by atoms with Crippen molar-refractivity contribution in [3.63, 3.8) is 0 Å². The summed E-state index contributed by atoms with van der Waals surface area (Å²) in [4.78, 5) is 13.4. The second-order valence-electron chi connectivity index (χ2n) is 6.86. The van der Waals surface area contributed by atoms with Crippen molar-refractivity contribution in [1.29, 1.82) is 0 Å². The van der Waals surface area contributed by atoms with Crippen molar-refractivity contribution in [3.8, 4) is 17.0 Å². The molecule has 4 rings (SSSR count). The molecule has 6 nitrogen and oxygen atoms in total. The number of halogens is 2. The number of hydrogen-bond donors (Lipinski definition) is 2. The van der Waals surface area contributed by atoms with Gasteiger partial charge in [0.25, 0.3) is 0 Å². The molecule has 8 heteroatoms. The second-order valence-corrected chi connectivity index (χ2v) is 6.86. The van der Waals surface area contributed by atoms with Crippen molar-refractivity contribution < 1.29 is 13.5 Å². The van der Waals surface area contributed by atoms with Gasteiger partial charge < -0.3 is 15.4 Å². The molecular weight excluding hydrogens is 376 g/mol. The van der Waals surface area contributed by atoms with Gasteiger partial charge in [-0.2, -0.15) is 13.8 Å². The zero-order valence-corrected chi connectivity index (χ0v) is 15.7. The monoisotopic (exact) mass is 397 g/mol. The van der Waals surface area contributed by atoms with Crippen molar-refractivity contribution in [2.45, 2.75) is 38.3 Å². The maximum atomic E-state index is 12.3. The summed E-state index contributed by atoms with van der Waals surface area (Å²) in [6, 6.07) is 12.3. The molecule has 0 radical (unpaired) electrons. The highest BCUT2D eigenvalue weighted by Gasteiger charge is 2.17. The van der Waals surface area contributed by atoms with Gasteiger partial charge in [0.1, 0.15) is 11.6 Å². The highest BCUT2D eigenvalue weighted by atomic mass is 19.3. The maximum Gasteiger partial charge on any atom is 0.387 e. The Morgan fingerprint density at radius 3 is 2.52 bits per heavy atom. The van der Waals surface area contributed by atoms with Gasteiger partial charge in [0.2, 0.25) is 5.95 Å². The average molecular weight is 397 g/mol. The molecule has 0 atom stereocenters. The SMILES string of the molecule is FC(F)Oc1ccc(Nc2cc(-c3cccnc3)nc(NC3CCCC3)n2)cc1. The Bertz CT molecular complexity index is 932. The standard InChI is InChI=1S/C21H21F2N5O/c22-20(23)29-17-9-7-16(8-10-17)25-19-12-18(14-4-3-11-24-13-14)27-21(28-19)26-15-5-1-2-6-15/h3-4,7-13,15,20H,1-2,5-6H2,(H2,25,26,27,28). The molecule has 0 bridgehead atoms. The number of nitrogens with one attached hydrogen (secondary N) is 2. The van der Waals surface area contributed by atoms with Gasteiger partial charge >= 0.3 is 6.61 Å². The summed E-state index contributed by atoms with van der Waals surface area (Å²) in [7, 11) is 0. The quantitative estimate of drug-likeness (QED) is 0.568. The fourth-order valence-electron chi connectivity index (χ4n) is 3.36. The summed E-state index contributed by atoms with van der Waals surface area (Å²) >= 11 is 0. The number of ether oxygens (including phenoxy) is 1. The smallest absolute Gasteiger partial charge is 0.387 e. The number of rotatable bonds is 7. The van der Waals surface area contributed by atoms with E-state index in [0.29, 0.717) is 23.5 Å². The first-order chi connectivity index (χ1) is 14.2. The normalized spacial score (nSPS) is 14.2. The summed E-state index contributed by atoms with van der Waals surface area (Å²) in [6.45, 7) is -2.85. The van der Waals surface area contributed by atoms with Gasteiger partial charge in [-0.25, -0.2) is 4.98 Å². The van der Waals surface area contributed by atoms with Crippen LogP contribution in [0.1, 0.15) is 25.7 Å². The van der Waals surface area contributed by atoms with Gasteiger partial charge in [0, 0.05) is 35.8 Å². The van der Waals surface area contributed by atoms with Gasteiger partial charge in [-0.1, -0.05) is 12.8 Å². The third-order valence-electron chi connectivity index (χ3n) is 4.72. The largest absolute Gasteiger partial charge is 0.435 e. The first-order valence-corrected chi connectivity index (χ1v) is 9.53. The number of hydrogen-bond acceptors (Lipinski definition) is 6. The summed E-state index contributed by atoms with van der Waals surface area (Å²) < 4.78 is 29.0. The highest BCUT2D eigenvalue weighted by Crippen LogP contribution is 2.26. The van der Waals surface area contributed by atoms with E-state index in [4.69, 9.17) is 0 Å². The molecule has 1 saturated carbocycles. The molecule has 1 aromatic carbocycles. The molecule has 2 aromatic heterocycles. The molecule has 0 amide bonds. The van der Waals surface area contributed by atoms with E-state index in [2.05, 4.69) is 30.3 Å². The number of pyridine rings is 1. The molecule has 1 fully saturated rings. The summed E-state index contributed by atoms with van der Waals surface area (Å²) in [5.41, 5.74) is 2.33. The fraction of sp³-hybridized carbons (Fsp3) is 0.286. The lowest BCUT2D eigenvalue weighted by atomic mass is 10.2. The molecule has 150 valence electrons. The van der Waals surface area contributed by atoms with Crippen LogP contribution >= 0.6 is 0 Å². The molecule has 0 unspecified atom stereocenters. The van der Waals surface area contributed by atoms with Crippen molar-refractivity contribution in [3.05, 3.63) is 54.9 Å². The topological polar surface area (TPSA) is 72.0 Å². The van der Waals surface area contributed by atoms with E-state index in [1.807, 2.05) is 18.2 Å². The summed E-state index contributed by atoms with van der Waals surface area (Å²) in [5.74, 6) is 1.26. The molecule has 2 N–H and O–H groups in total. The molecule has 2 heterocycles. The first kappa shape index (κ1) is 19.0. The third-order valence-corrected chi connectivity index (χ3v) is 4.72. The molecule has 0 spiro atoms. The van der Waals surface area contributed by atoms with Gasteiger partial charge in [0.15, 0.2) is 0 Å². The highest BCUT2D eigenvalue weighted by molar-refractivity contribution is 5.67. The molecule has 3 aromatic rings. The predicted octanol–water partition coefficient (Wildman–Crippen LogP) is 5.24. The Kier molecular flexibility index (Phi) is 5.79. The number of aromatic nitrogens is 3. The molecular formula is C21H21F2N5O. The molecule has 29 heavy (non-hydrogen) atoms. The van der Waals surface area contributed by atoms with E-state index in [0.717, 1.165) is 24.1 Å². The van der Waals surface area contributed by atoms with Crippen LogP contribution in [-0.4, -0.2) is 27.6 Å². The number of benzene rings is 1. The maximum absolute atomic E-state index is 12.3. The van der Waals surface area contributed by atoms with Crippen LogP contribution in [0.15, 0.2) is 54.9 Å². The zero-order chi connectivity index (χ0) is 20.1. The molecule has 0 aliphatic heterocycles. The molecule has 1 aliphatic carbocycles. The second kappa shape index (κ2) is 8.81. The van der Waals surface area contributed by atoms with E-state index in [1.165, 1.54) is 25.0 Å². The van der Waals surface area contributed by atoms with Crippen molar-refractivity contribution in [1.82, 2.24) is 15.0 Å². The Morgan fingerprint density at radius 2 is 1.83 bits per heavy atom. The Balaban J connectivity index is 1.59. The minimum absolute atomic E-state index is 0.105. The molecule has 1 aliphatic rings. The minimum Gasteiger partial charge on any atom is -0.435 e. The average Bonchev–Trinajstić information content (AvgIpc) is 3.23. The van der Waals surface area contributed by atoms with Gasteiger partial charge in [-0.15, -0.1) is 0 Å². The van der Waals surface area contributed by atoms with Crippen LogP contribution in [0.3, 0.4) is 0 Å². The number of nitrogens with zero attached hydrogens (tertiary/aromatic N) is 3. The fourth-order valence-corrected chi connectivity index (χ4v) is 3.36. The number of anilines is 3. The predicted molar refractivity (Wildman–Crippen MR) is 107 cm³/mol. The van der Waals surface area contributed by atoms with Crippen LogP contribution in [0.2, 0.25) is 0 Å². The Morgan fingerprint density at radius 1 is 1.03 bits per heavy atom. The first-order valence-electron chi connectivity index (χ1n) is 9.53. The molecule has 0 saturated heterocycles. The van der Waals surface area contributed by atoms with Crippen LogP contribution in [-0.2, 0) is 0 Å². The summed E-state index contributed by atoms with van der Waals surface area (Å²) in [6.07, 6.45) is 8.09. The lowest BCUT2D eigenvalue weighted by molar-refractivity contribution is -0.0498. The van der Waals surface area contributed by atoms with Crippen molar-refractivity contribution in [2.24, 2.45) is 0 Å². The van der Waals surface area contributed by atoms with Crippen LogP contribution in [0, 0.1) is 0 Å². The lowest BCUT2D eigenvalue weighted by Gasteiger charge is -2.15. The van der Waals surface area contributed by atoms with Gasteiger partial charge in [-0.05, 0) is 49.2 Å². The van der Waals surface area contributed by atoms with Crippen LogP contribution in [0.25, 0.3) is 11.3 Å². The van der Waals surface area contributed by atoms with Crippen LogP contribution in [0.5, 0.6) is 5.75 Å². The lowest BCUT2D eigenvalue weighted by Crippen LogP contribution is -2.17. The van der Waals surface area contributed by atoms with E-state index < -0.39 is 6.61 Å². The zero-order valence-electron chi connectivity index (χ0n) is 15.7. The van der Waals surface area contributed by atoms with E-state index in [9.17, 15) is 8.78 Å². The minimum atomic E-state index is -2.85. The Labute approximate surface area is 167 Å². The number of alkyl halides is 2. The van der Waals surface area contributed by atoms with E-state index in [1.54, 1.807) is 24.5 Å².